The van der Waals surface area contributed by atoms with Crippen molar-refractivity contribution in [1.29, 1.82) is 0 Å². The predicted molar refractivity (Wildman–Crippen MR) is 66.7 cm³/mol. The summed E-state index contributed by atoms with van der Waals surface area (Å²) >= 11 is 0. The molecule has 0 saturated heterocycles. The van der Waals surface area contributed by atoms with Crippen LogP contribution in [0.25, 0.3) is 0 Å². The van der Waals surface area contributed by atoms with Gasteiger partial charge in [-0.3, -0.25) is 0 Å². The van der Waals surface area contributed by atoms with Gasteiger partial charge in [0.25, 0.3) is 0 Å². The number of sulfonamides is 2. The summed E-state index contributed by atoms with van der Waals surface area (Å²) in [5.74, 6) is 0. The third-order valence-electron chi connectivity index (χ3n) is 2.15. The molecule has 0 aromatic heterocycles. The zero-order valence-corrected chi connectivity index (χ0v) is 11.3. The lowest BCUT2D eigenvalue weighted by atomic mass is 10.4. The van der Waals surface area contributed by atoms with Gasteiger partial charge in [-0.2, -0.15) is 0 Å². The molecule has 0 heterocycles. The van der Waals surface area contributed by atoms with Gasteiger partial charge in [0.1, 0.15) is 0 Å². The van der Waals surface area contributed by atoms with E-state index in [-0.39, 0.29) is 16.3 Å². The molecule has 0 saturated carbocycles. The molecule has 1 aromatic rings. The molecule has 5 N–H and O–H groups in total. The summed E-state index contributed by atoms with van der Waals surface area (Å²) in [6.07, 6.45) is 0. The lowest BCUT2D eigenvalue weighted by Crippen LogP contribution is -2.37. The molecule has 0 unspecified atom stereocenters. The van der Waals surface area contributed by atoms with E-state index in [4.69, 9.17) is 10.9 Å². The average Bonchev–Trinajstić information content (AvgIpc) is 2.27. The van der Waals surface area contributed by atoms with Crippen LogP contribution in [0.15, 0.2) is 34.1 Å². The molecule has 1 aromatic carbocycles. The summed E-state index contributed by atoms with van der Waals surface area (Å²) in [7, 11) is -7.74. The number of primary sulfonamides is 1. The van der Waals surface area contributed by atoms with Crippen LogP contribution in [-0.4, -0.2) is 29.4 Å². The number of hydrogen-bond donors (Lipinski definition) is 3. The minimum atomic E-state index is -3.94. The molecule has 1 rings (SSSR count). The fourth-order valence-electron chi connectivity index (χ4n) is 1.20. The van der Waals surface area contributed by atoms with Gasteiger partial charge in [-0.05, 0) is 25.1 Å². The zero-order valence-electron chi connectivity index (χ0n) is 9.70. The van der Waals surface area contributed by atoms with E-state index in [1.54, 1.807) is 6.92 Å². The smallest absolute Gasteiger partial charge is 0.240 e. The van der Waals surface area contributed by atoms with Crippen LogP contribution in [0.4, 0.5) is 0 Å². The van der Waals surface area contributed by atoms with Gasteiger partial charge in [-0.1, -0.05) is 6.07 Å². The van der Waals surface area contributed by atoms with Crippen molar-refractivity contribution in [2.24, 2.45) is 10.9 Å². The van der Waals surface area contributed by atoms with Gasteiger partial charge in [0.15, 0.2) is 0 Å². The minimum Gasteiger partial charge on any atom is -0.329 e. The fourth-order valence-corrected chi connectivity index (χ4v) is 3.14. The first-order valence-electron chi connectivity index (χ1n) is 5.02. The van der Waals surface area contributed by atoms with Gasteiger partial charge in [0, 0.05) is 12.6 Å². The molecule has 9 heteroatoms. The van der Waals surface area contributed by atoms with Crippen LogP contribution in [0.3, 0.4) is 0 Å². The number of nitrogens with one attached hydrogen (secondary N) is 1. The summed E-state index contributed by atoms with van der Waals surface area (Å²) in [5.41, 5.74) is 5.31. The van der Waals surface area contributed by atoms with Gasteiger partial charge in [0.05, 0.1) is 9.79 Å². The Hall–Kier alpha value is -1.00. The van der Waals surface area contributed by atoms with Crippen LogP contribution >= 0.6 is 0 Å². The maximum absolute atomic E-state index is 11.9. The first-order valence-corrected chi connectivity index (χ1v) is 8.05. The third-order valence-corrected chi connectivity index (χ3v) is 4.65. The van der Waals surface area contributed by atoms with E-state index in [0.717, 1.165) is 6.07 Å². The Morgan fingerprint density at radius 2 is 1.78 bits per heavy atom. The molecular weight excluding hydrogens is 278 g/mol. The quantitative estimate of drug-likeness (QED) is 0.638. The standard InChI is InChI=1S/C9H15N3O4S2/c1-7(6-10)12-18(15,16)9-4-2-3-8(5-9)17(11,13)14/h2-5,7,12H,6,10H2,1H3,(H2,11,13,14)/t7-/m1/s1. The van der Waals surface area contributed by atoms with Crippen LogP contribution in [0.5, 0.6) is 0 Å². The van der Waals surface area contributed by atoms with Crippen molar-refractivity contribution in [1.82, 2.24) is 4.72 Å². The Labute approximate surface area is 106 Å². The molecule has 102 valence electrons. The molecular formula is C9H15N3O4S2. The van der Waals surface area contributed by atoms with Gasteiger partial charge < -0.3 is 5.73 Å². The Balaban J connectivity index is 3.19. The largest absolute Gasteiger partial charge is 0.329 e. The van der Waals surface area contributed by atoms with Crippen molar-refractivity contribution >= 4 is 20.0 Å². The van der Waals surface area contributed by atoms with Crippen molar-refractivity contribution in [3.63, 3.8) is 0 Å². The summed E-state index contributed by atoms with van der Waals surface area (Å²) < 4.78 is 48.3. The number of hydrogen-bond acceptors (Lipinski definition) is 5. The van der Waals surface area contributed by atoms with E-state index in [2.05, 4.69) is 4.72 Å². The third kappa shape index (κ3) is 3.75. The minimum absolute atomic E-state index is 0.133. The molecule has 0 fully saturated rings. The molecule has 7 nitrogen and oxygen atoms in total. The van der Waals surface area contributed by atoms with Crippen LogP contribution in [-0.2, 0) is 20.0 Å². The Morgan fingerprint density at radius 1 is 1.22 bits per heavy atom. The summed E-state index contributed by atoms with van der Waals surface area (Å²) in [5, 5.41) is 4.93. The second kappa shape index (κ2) is 5.33. The highest BCUT2D eigenvalue weighted by atomic mass is 32.2. The van der Waals surface area contributed by atoms with Gasteiger partial charge in [-0.15, -0.1) is 0 Å². The zero-order chi connectivity index (χ0) is 14.0. The van der Waals surface area contributed by atoms with Crippen molar-refractivity contribution in [3.8, 4) is 0 Å². The normalized spacial score (nSPS) is 14.4. The maximum Gasteiger partial charge on any atom is 0.240 e. The number of rotatable bonds is 5. The first kappa shape index (κ1) is 15.1. The van der Waals surface area contributed by atoms with E-state index in [9.17, 15) is 16.8 Å². The Morgan fingerprint density at radius 3 is 2.28 bits per heavy atom. The molecule has 0 radical (unpaired) electrons. The first-order chi connectivity index (χ1) is 8.16. The van der Waals surface area contributed by atoms with Crippen LogP contribution < -0.4 is 15.6 Å². The monoisotopic (exact) mass is 293 g/mol. The van der Waals surface area contributed by atoms with Crippen LogP contribution in [0, 0.1) is 0 Å². The van der Waals surface area contributed by atoms with Crippen molar-refractivity contribution in [3.05, 3.63) is 24.3 Å². The van der Waals surface area contributed by atoms with Crippen molar-refractivity contribution in [2.75, 3.05) is 6.54 Å². The number of benzene rings is 1. The van der Waals surface area contributed by atoms with Crippen molar-refractivity contribution < 1.29 is 16.8 Å². The fraction of sp³-hybridized carbons (Fsp3) is 0.333. The highest BCUT2D eigenvalue weighted by molar-refractivity contribution is 7.90. The molecule has 18 heavy (non-hydrogen) atoms. The number of nitrogens with two attached hydrogens (primary N) is 2. The molecule has 0 aliphatic rings. The van der Waals surface area contributed by atoms with Crippen LogP contribution in [0.1, 0.15) is 6.92 Å². The summed E-state index contributed by atoms with van der Waals surface area (Å²) in [6, 6.07) is 4.36. The second-order valence-electron chi connectivity index (χ2n) is 3.78. The van der Waals surface area contributed by atoms with Gasteiger partial charge >= 0.3 is 0 Å². The van der Waals surface area contributed by atoms with Crippen molar-refractivity contribution in [2.45, 2.75) is 22.8 Å². The SMILES string of the molecule is C[C@H](CN)NS(=O)(=O)c1cccc(S(N)(=O)=O)c1. The summed E-state index contributed by atoms with van der Waals surface area (Å²) in [6.45, 7) is 1.73. The molecule has 1 atom stereocenters. The average molecular weight is 293 g/mol. The van der Waals surface area contributed by atoms with Gasteiger partial charge in [0.2, 0.25) is 20.0 Å². The summed E-state index contributed by atoms with van der Waals surface area (Å²) in [4.78, 5) is -0.430. The molecule has 0 amide bonds. The highest BCUT2D eigenvalue weighted by Crippen LogP contribution is 2.14. The van der Waals surface area contributed by atoms with E-state index in [1.165, 1.54) is 18.2 Å². The maximum atomic E-state index is 11.9. The predicted octanol–water partition coefficient (Wildman–Crippen LogP) is -1.04. The Kier molecular flexibility index (Phi) is 4.46. The van der Waals surface area contributed by atoms with E-state index >= 15 is 0 Å². The van der Waals surface area contributed by atoms with E-state index in [0.29, 0.717) is 0 Å². The van der Waals surface area contributed by atoms with E-state index in [1.807, 2.05) is 0 Å². The molecule has 0 aliphatic heterocycles. The topological polar surface area (TPSA) is 132 Å². The lowest BCUT2D eigenvalue weighted by molar-refractivity contribution is 0.562. The molecule has 0 aliphatic carbocycles. The molecule has 0 spiro atoms. The second-order valence-corrected chi connectivity index (χ2v) is 7.05. The highest BCUT2D eigenvalue weighted by Gasteiger charge is 2.18. The Bertz CT molecular complexity index is 625. The van der Waals surface area contributed by atoms with E-state index < -0.39 is 26.1 Å². The lowest BCUT2D eigenvalue weighted by Gasteiger charge is -2.12. The molecule has 0 bridgehead atoms. The van der Waals surface area contributed by atoms with Gasteiger partial charge in [-0.25, -0.2) is 26.7 Å². The van der Waals surface area contributed by atoms with Crippen LogP contribution in [0.2, 0.25) is 0 Å².